The maximum Gasteiger partial charge on any atom is 0.0138 e. The van der Waals surface area contributed by atoms with E-state index in [9.17, 15) is 0 Å². The molecule has 3 atom stereocenters. The van der Waals surface area contributed by atoms with Crippen LogP contribution in [-0.2, 0) is 6.42 Å². The van der Waals surface area contributed by atoms with Crippen LogP contribution in [-0.4, -0.2) is 30.1 Å². The van der Waals surface area contributed by atoms with Gasteiger partial charge in [-0.3, -0.25) is 4.90 Å². The van der Waals surface area contributed by atoms with Gasteiger partial charge in [0.2, 0.25) is 0 Å². The summed E-state index contributed by atoms with van der Waals surface area (Å²) in [6, 6.07) is 12.3. The molecule has 0 saturated heterocycles. The Hall–Kier alpha value is -0.860. The van der Waals surface area contributed by atoms with Gasteiger partial charge >= 0.3 is 0 Å². The predicted molar refractivity (Wildman–Crippen MR) is 86.8 cm³/mol. The summed E-state index contributed by atoms with van der Waals surface area (Å²) in [5.74, 6) is 0.708. The molecule has 1 saturated carbocycles. The second kappa shape index (κ2) is 7.80. The van der Waals surface area contributed by atoms with Crippen molar-refractivity contribution in [1.82, 2.24) is 4.90 Å². The third-order valence-corrected chi connectivity index (χ3v) is 4.97. The summed E-state index contributed by atoms with van der Waals surface area (Å²) >= 11 is 0. The molecular formula is C18H30N2. The van der Waals surface area contributed by atoms with Crippen LogP contribution in [0.5, 0.6) is 0 Å². The minimum atomic E-state index is 0.652. The molecule has 0 aromatic heterocycles. The van der Waals surface area contributed by atoms with E-state index in [1.54, 1.807) is 0 Å². The Morgan fingerprint density at radius 3 is 2.55 bits per heavy atom. The zero-order valence-electron chi connectivity index (χ0n) is 13.1. The van der Waals surface area contributed by atoms with Crippen LogP contribution in [0.1, 0.15) is 45.1 Å². The summed E-state index contributed by atoms with van der Waals surface area (Å²) < 4.78 is 0. The van der Waals surface area contributed by atoms with E-state index in [1.165, 1.54) is 37.7 Å². The van der Waals surface area contributed by atoms with Crippen LogP contribution in [0.25, 0.3) is 0 Å². The second-order valence-corrected chi connectivity index (χ2v) is 6.08. The van der Waals surface area contributed by atoms with E-state index in [2.05, 4.69) is 49.1 Å². The Labute approximate surface area is 124 Å². The number of nitrogens with zero attached hydrogens (tertiary/aromatic N) is 1. The van der Waals surface area contributed by atoms with Crippen LogP contribution in [0.15, 0.2) is 30.3 Å². The van der Waals surface area contributed by atoms with Crippen LogP contribution < -0.4 is 5.73 Å². The van der Waals surface area contributed by atoms with Gasteiger partial charge in [-0.2, -0.15) is 0 Å². The summed E-state index contributed by atoms with van der Waals surface area (Å²) in [5.41, 5.74) is 7.44. The molecule has 20 heavy (non-hydrogen) atoms. The average molecular weight is 274 g/mol. The second-order valence-electron chi connectivity index (χ2n) is 6.08. The first-order valence-electron chi connectivity index (χ1n) is 8.29. The van der Waals surface area contributed by atoms with E-state index < -0.39 is 0 Å². The first-order valence-corrected chi connectivity index (χ1v) is 8.29. The average Bonchev–Trinajstić information content (AvgIpc) is 2.96. The number of nitrogens with two attached hydrogens (primary N) is 1. The number of rotatable bonds is 7. The normalized spacial score (nSPS) is 24.2. The SMILES string of the molecule is CCC(Cc1ccccc1)N(CC)C1CCCC1CN. The number of hydrogen-bond acceptors (Lipinski definition) is 2. The van der Waals surface area contributed by atoms with E-state index >= 15 is 0 Å². The third-order valence-electron chi connectivity index (χ3n) is 4.97. The summed E-state index contributed by atoms with van der Waals surface area (Å²) in [4.78, 5) is 2.73. The molecule has 2 rings (SSSR count). The zero-order chi connectivity index (χ0) is 14.4. The smallest absolute Gasteiger partial charge is 0.0138 e. The van der Waals surface area contributed by atoms with E-state index in [4.69, 9.17) is 5.73 Å². The molecule has 0 aliphatic heterocycles. The molecule has 0 bridgehead atoms. The lowest BCUT2D eigenvalue weighted by atomic mass is 9.96. The van der Waals surface area contributed by atoms with Gasteiger partial charge in [-0.25, -0.2) is 0 Å². The van der Waals surface area contributed by atoms with Crippen molar-refractivity contribution < 1.29 is 0 Å². The minimum Gasteiger partial charge on any atom is -0.330 e. The van der Waals surface area contributed by atoms with Gasteiger partial charge in [0.1, 0.15) is 0 Å². The van der Waals surface area contributed by atoms with Gasteiger partial charge in [0.15, 0.2) is 0 Å². The fourth-order valence-corrected chi connectivity index (χ4v) is 3.87. The molecule has 1 aromatic carbocycles. The highest BCUT2D eigenvalue weighted by Crippen LogP contribution is 2.31. The van der Waals surface area contributed by atoms with Crippen molar-refractivity contribution in [2.24, 2.45) is 11.7 Å². The highest BCUT2D eigenvalue weighted by atomic mass is 15.2. The van der Waals surface area contributed by atoms with Gasteiger partial charge < -0.3 is 5.73 Å². The molecule has 0 radical (unpaired) electrons. The minimum absolute atomic E-state index is 0.652. The van der Waals surface area contributed by atoms with Crippen molar-refractivity contribution in [3.8, 4) is 0 Å². The molecule has 2 heteroatoms. The Morgan fingerprint density at radius 2 is 1.95 bits per heavy atom. The molecule has 2 N–H and O–H groups in total. The van der Waals surface area contributed by atoms with Crippen molar-refractivity contribution in [3.05, 3.63) is 35.9 Å². The van der Waals surface area contributed by atoms with Crippen LogP contribution in [0, 0.1) is 5.92 Å². The summed E-state index contributed by atoms with van der Waals surface area (Å²) in [6.45, 7) is 6.62. The van der Waals surface area contributed by atoms with Gasteiger partial charge in [0.25, 0.3) is 0 Å². The molecule has 1 aliphatic rings. The summed E-state index contributed by atoms with van der Waals surface area (Å²) in [5, 5.41) is 0. The summed E-state index contributed by atoms with van der Waals surface area (Å²) in [6.07, 6.45) is 6.39. The third kappa shape index (κ3) is 3.62. The molecule has 112 valence electrons. The van der Waals surface area contributed by atoms with Gasteiger partial charge in [-0.15, -0.1) is 0 Å². The van der Waals surface area contributed by atoms with Crippen molar-refractivity contribution in [1.29, 1.82) is 0 Å². The predicted octanol–water partition coefficient (Wildman–Crippen LogP) is 3.46. The molecular weight excluding hydrogens is 244 g/mol. The van der Waals surface area contributed by atoms with Gasteiger partial charge in [0, 0.05) is 12.1 Å². The van der Waals surface area contributed by atoms with E-state index in [0.717, 1.165) is 13.1 Å². The maximum atomic E-state index is 5.98. The Morgan fingerprint density at radius 1 is 1.20 bits per heavy atom. The summed E-state index contributed by atoms with van der Waals surface area (Å²) in [7, 11) is 0. The topological polar surface area (TPSA) is 29.3 Å². The quantitative estimate of drug-likeness (QED) is 0.825. The van der Waals surface area contributed by atoms with Crippen LogP contribution >= 0.6 is 0 Å². The molecule has 1 fully saturated rings. The van der Waals surface area contributed by atoms with Gasteiger partial charge in [-0.05, 0) is 50.3 Å². The van der Waals surface area contributed by atoms with E-state index in [-0.39, 0.29) is 0 Å². The van der Waals surface area contributed by atoms with Crippen molar-refractivity contribution in [2.75, 3.05) is 13.1 Å². The standard InChI is InChI=1S/C18H30N2/c1-3-17(13-15-9-6-5-7-10-15)20(4-2)18-12-8-11-16(18)14-19/h5-7,9-10,16-18H,3-4,8,11-14,19H2,1-2H3. The molecule has 1 aromatic rings. The molecule has 2 nitrogen and oxygen atoms in total. The monoisotopic (exact) mass is 274 g/mol. The van der Waals surface area contributed by atoms with Gasteiger partial charge in [0.05, 0.1) is 0 Å². The lowest BCUT2D eigenvalue weighted by molar-refractivity contribution is 0.110. The van der Waals surface area contributed by atoms with Crippen LogP contribution in [0.3, 0.4) is 0 Å². The zero-order valence-corrected chi connectivity index (χ0v) is 13.1. The van der Waals surface area contributed by atoms with Crippen LogP contribution in [0.2, 0.25) is 0 Å². The van der Waals surface area contributed by atoms with Crippen molar-refractivity contribution in [3.63, 3.8) is 0 Å². The Balaban J connectivity index is 2.07. The van der Waals surface area contributed by atoms with E-state index in [0.29, 0.717) is 18.0 Å². The first kappa shape index (κ1) is 15.5. The number of benzene rings is 1. The van der Waals surface area contributed by atoms with Crippen LogP contribution in [0.4, 0.5) is 0 Å². The Bertz CT molecular complexity index is 376. The molecule has 0 heterocycles. The number of likely N-dealkylation sites (N-methyl/N-ethyl adjacent to an activating group) is 1. The first-order chi connectivity index (χ1) is 9.80. The lowest BCUT2D eigenvalue weighted by Gasteiger charge is -2.38. The lowest BCUT2D eigenvalue weighted by Crippen LogP contribution is -2.47. The number of hydrogen-bond donors (Lipinski definition) is 1. The highest BCUT2D eigenvalue weighted by molar-refractivity contribution is 5.16. The van der Waals surface area contributed by atoms with Crippen molar-refractivity contribution >= 4 is 0 Å². The molecule has 0 amide bonds. The van der Waals surface area contributed by atoms with E-state index in [1.807, 2.05) is 0 Å². The Kier molecular flexibility index (Phi) is 6.06. The largest absolute Gasteiger partial charge is 0.330 e. The fraction of sp³-hybridized carbons (Fsp3) is 0.667. The molecule has 3 unspecified atom stereocenters. The molecule has 1 aliphatic carbocycles. The fourth-order valence-electron chi connectivity index (χ4n) is 3.87. The molecule has 0 spiro atoms. The highest BCUT2D eigenvalue weighted by Gasteiger charge is 2.33. The maximum absolute atomic E-state index is 5.98. The van der Waals surface area contributed by atoms with Gasteiger partial charge in [-0.1, -0.05) is 50.6 Å². The van der Waals surface area contributed by atoms with Crippen molar-refractivity contribution in [2.45, 2.75) is 58.0 Å².